The van der Waals surface area contributed by atoms with Crippen molar-refractivity contribution >= 4 is 11.5 Å². The molecule has 1 aromatic carbocycles. The van der Waals surface area contributed by atoms with E-state index in [1.165, 1.54) is 0 Å². The van der Waals surface area contributed by atoms with Crippen LogP contribution in [0, 0.1) is 0 Å². The van der Waals surface area contributed by atoms with E-state index < -0.39 is 0 Å². The second kappa shape index (κ2) is 7.07. The maximum atomic E-state index is 11.5. The van der Waals surface area contributed by atoms with Gasteiger partial charge in [-0.3, -0.25) is 4.79 Å². The molecule has 0 spiro atoms. The zero-order valence-corrected chi connectivity index (χ0v) is 10.6. The molecule has 0 aliphatic carbocycles. The molecule has 1 aromatic rings. The highest BCUT2D eigenvalue weighted by Gasteiger charge is 2.06. The van der Waals surface area contributed by atoms with Crippen molar-refractivity contribution in [2.24, 2.45) is 0 Å². The summed E-state index contributed by atoms with van der Waals surface area (Å²) in [6.45, 7) is 5.91. The highest BCUT2D eigenvalue weighted by Crippen LogP contribution is 2.16. The minimum Gasteiger partial charge on any atom is -0.396 e. The first-order valence-corrected chi connectivity index (χ1v) is 6.22. The van der Waals surface area contributed by atoms with E-state index in [0.717, 1.165) is 30.8 Å². The summed E-state index contributed by atoms with van der Waals surface area (Å²) in [5, 5.41) is 8.84. The SMILES string of the molecule is CCC(=O)c1ccc(N(CC)CCCO)cc1. The van der Waals surface area contributed by atoms with E-state index >= 15 is 0 Å². The number of anilines is 1. The summed E-state index contributed by atoms with van der Waals surface area (Å²) in [5.41, 5.74) is 1.88. The van der Waals surface area contributed by atoms with Gasteiger partial charge in [0.15, 0.2) is 5.78 Å². The van der Waals surface area contributed by atoms with Crippen molar-refractivity contribution in [1.82, 2.24) is 0 Å². The second-order valence-corrected chi connectivity index (χ2v) is 3.98. The Balaban J connectivity index is 2.74. The minimum absolute atomic E-state index is 0.176. The van der Waals surface area contributed by atoms with E-state index in [4.69, 9.17) is 5.11 Å². The smallest absolute Gasteiger partial charge is 0.162 e. The monoisotopic (exact) mass is 235 g/mol. The highest BCUT2D eigenvalue weighted by molar-refractivity contribution is 5.96. The van der Waals surface area contributed by atoms with Crippen LogP contribution < -0.4 is 4.90 Å². The largest absolute Gasteiger partial charge is 0.396 e. The lowest BCUT2D eigenvalue weighted by Crippen LogP contribution is -2.24. The molecule has 0 amide bonds. The number of aliphatic hydroxyl groups excluding tert-OH is 1. The second-order valence-electron chi connectivity index (χ2n) is 3.98. The summed E-state index contributed by atoms with van der Waals surface area (Å²) >= 11 is 0. The van der Waals surface area contributed by atoms with Crippen LogP contribution in [0.2, 0.25) is 0 Å². The zero-order valence-electron chi connectivity index (χ0n) is 10.6. The Kier molecular flexibility index (Phi) is 5.70. The molecule has 0 heterocycles. The van der Waals surface area contributed by atoms with E-state index in [0.29, 0.717) is 6.42 Å². The van der Waals surface area contributed by atoms with Crippen LogP contribution in [0.1, 0.15) is 37.0 Å². The molecule has 1 rings (SSSR count). The zero-order chi connectivity index (χ0) is 12.7. The minimum atomic E-state index is 0.176. The number of Topliss-reactive ketones (excluding diaryl/α,β-unsaturated/α-hetero) is 1. The quantitative estimate of drug-likeness (QED) is 0.738. The molecular weight excluding hydrogens is 214 g/mol. The molecule has 94 valence electrons. The Labute approximate surface area is 103 Å². The molecule has 0 unspecified atom stereocenters. The lowest BCUT2D eigenvalue weighted by molar-refractivity contribution is 0.0988. The Morgan fingerprint density at radius 2 is 1.88 bits per heavy atom. The summed E-state index contributed by atoms with van der Waals surface area (Å²) in [6, 6.07) is 7.71. The molecule has 0 fully saturated rings. The molecule has 3 nitrogen and oxygen atoms in total. The highest BCUT2D eigenvalue weighted by atomic mass is 16.3. The number of carbonyl (C=O) groups excluding carboxylic acids is 1. The van der Waals surface area contributed by atoms with E-state index in [1.54, 1.807) is 0 Å². The summed E-state index contributed by atoms with van der Waals surface area (Å²) < 4.78 is 0. The van der Waals surface area contributed by atoms with Gasteiger partial charge in [0.25, 0.3) is 0 Å². The van der Waals surface area contributed by atoms with Crippen LogP contribution >= 0.6 is 0 Å². The van der Waals surface area contributed by atoms with Crippen molar-refractivity contribution in [2.75, 3.05) is 24.6 Å². The Morgan fingerprint density at radius 1 is 1.24 bits per heavy atom. The van der Waals surface area contributed by atoms with Crippen LogP contribution in [-0.4, -0.2) is 30.6 Å². The number of nitrogens with zero attached hydrogens (tertiary/aromatic N) is 1. The first kappa shape index (κ1) is 13.7. The number of benzene rings is 1. The summed E-state index contributed by atoms with van der Waals surface area (Å²) in [6.07, 6.45) is 1.31. The van der Waals surface area contributed by atoms with Gasteiger partial charge in [-0.2, -0.15) is 0 Å². The molecule has 17 heavy (non-hydrogen) atoms. The molecule has 0 radical (unpaired) electrons. The third-order valence-corrected chi connectivity index (χ3v) is 2.84. The standard InChI is InChI=1S/C14H21NO2/c1-3-14(17)12-6-8-13(9-7-12)15(4-2)10-5-11-16/h6-9,16H,3-5,10-11H2,1-2H3. The number of hydrogen-bond acceptors (Lipinski definition) is 3. The van der Waals surface area contributed by atoms with E-state index in [9.17, 15) is 4.79 Å². The van der Waals surface area contributed by atoms with Crippen LogP contribution in [0.15, 0.2) is 24.3 Å². The molecule has 0 aliphatic rings. The van der Waals surface area contributed by atoms with Gasteiger partial charge in [-0.25, -0.2) is 0 Å². The van der Waals surface area contributed by atoms with Gasteiger partial charge < -0.3 is 10.0 Å². The Morgan fingerprint density at radius 3 is 2.35 bits per heavy atom. The van der Waals surface area contributed by atoms with Crippen molar-refractivity contribution in [3.05, 3.63) is 29.8 Å². The molecule has 0 bridgehead atoms. The molecule has 0 saturated heterocycles. The van der Waals surface area contributed by atoms with Gasteiger partial charge in [-0.1, -0.05) is 6.92 Å². The maximum Gasteiger partial charge on any atom is 0.162 e. The fourth-order valence-corrected chi connectivity index (χ4v) is 1.79. The molecule has 0 aliphatic heterocycles. The molecule has 0 aromatic heterocycles. The first-order chi connectivity index (χ1) is 8.22. The van der Waals surface area contributed by atoms with Gasteiger partial charge in [0.2, 0.25) is 0 Å². The van der Waals surface area contributed by atoms with Gasteiger partial charge in [0.1, 0.15) is 0 Å². The molecular formula is C14H21NO2. The Bertz CT molecular complexity index is 346. The van der Waals surface area contributed by atoms with Gasteiger partial charge in [-0.05, 0) is 37.6 Å². The first-order valence-electron chi connectivity index (χ1n) is 6.22. The van der Waals surface area contributed by atoms with Crippen LogP contribution in [0.5, 0.6) is 0 Å². The van der Waals surface area contributed by atoms with Crippen molar-refractivity contribution in [1.29, 1.82) is 0 Å². The topological polar surface area (TPSA) is 40.5 Å². The van der Waals surface area contributed by atoms with E-state index in [1.807, 2.05) is 31.2 Å². The van der Waals surface area contributed by atoms with Gasteiger partial charge in [-0.15, -0.1) is 0 Å². The van der Waals surface area contributed by atoms with Crippen LogP contribution in [0.25, 0.3) is 0 Å². The molecule has 0 saturated carbocycles. The number of carbonyl (C=O) groups is 1. The Hall–Kier alpha value is -1.35. The van der Waals surface area contributed by atoms with Crippen molar-refractivity contribution in [3.63, 3.8) is 0 Å². The molecule has 0 atom stereocenters. The average molecular weight is 235 g/mol. The predicted molar refractivity (Wildman–Crippen MR) is 70.7 cm³/mol. The fraction of sp³-hybridized carbons (Fsp3) is 0.500. The number of rotatable bonds is 7. The summed E-state index contributed by atoms with van der Waals surface area (Å²) in [4.78, 5) is 13.7. The summed E-state index contributed by atoms with van der Waals surface area (Å²) in [7, 11) is 0. The number of ketones is 1. The maximum absolute atomic E-state index is 11.5. The normalized spacial score (nSPS) is 10.3. The van der Waals surface area contributed by atoms with E-state index in [2.05, 4.69) is 11.8 Å². The average Bonchev–Trinajstić information content (AvgIpc) is 2.39. The molecule has 3 heteroatoms. The third-order valence-electron chi connectivity index (χ3n) is 2.84. The summed E-state index contributed by atoms with van der Waals surface area (Å²) in [5.74, 6) is 0.176. The fourth-order valence-electron chi connectivity index (χ4n) is 1.79. The van der Waals surface area contributed by atoms with Crippen LogP contribution in [0.4, 0.5) is 5.69 Å². The third kappa shape index (κ3) is 3.86. The van der Waals surface area contributed by atoms with E-state index in [-0.39, 0.29) is 12.4 Å². The van der Waals surface area contributed by atoms with Gasteiger partial charge >= 0.3 is 0 Å². The van der Waals surface area contributed by atoms with Gasteiger partial charge in [0, 0.05) is 37.4 Å². The van der Waals surface area contributed by atoms with Gasteiger partial charge in [0.05, 0.1) is 0 Å². The lowest BCUT2D eigenvalue weighted by Gasteiger charge is -2.22. The van der Waals surface area contributed by atoms with Crippen molar-refractivity contribution in [3.8, 4) is 0 Å². The van der Waals surface area contributed by atoms with Crippen molar-refractivity contribution < 1.29 is 9.90 Å². The lowest BCUT2D eigenvalue weighted by atomic mass is 10.1. The predicted octanol–water partition coefficient (Wildman–Crippen LogP) is 2.49. The molecule has 1 N–H and O–H groups in total. The van der Waals surface area contributed by atoms with Crippen molar-refractivity contribution in [2.45, 2.75) is 26.7 Å². The number of hydrogen-bond donors (Lipinski definition) is 1. The van der Waals surface area contributed by atoms with Crippen LogP contribution in [-0.2, 0) is 0 Å². The van der Waals surface area contributed by atoms with Crippen LogP contribution in [0.3, 0.4) is 0 Å². The number of aliphatic hydroxyl groups is 1.